The minimum atomic E-state index is -0.455. The molecule has 1 aromatic heterocycles. The number of aromatic nitrogens is 1. The van der Waals surface area contributed by atoms with E-state index in [1.54, 1.807) is 6.20 Å². The van der Waals surface area contributed by atoms with Gasteiger partial charge in [-0.3, -0.25) is 9.78 Å². The highest BCUT2D eigenvalue weighted by Gasteiger charge is 2.04. The summed E-state index contributed by atoms with van der Waals surface area (Å²) in [5.74, 6) is -0.455. The molecule has 1 amide bonds. The Hall–Kier alpha value is -2.42. The van der Waals surface area contributed by atoms with E-state index in [0.29, 0.717) is 12.0 Å². The molecule has 0 aliphatic heterocycles. The molecule has 2 rings (SSSR count). The van der Waals surface area contributed by atoms with E-state index in [2.05, 4.69) is 11.6 Å². The minimum absolute atomic E-state index is 0.417. The predicted molar refractivity (Wildman–Crippen MR) is 71.7 cm³/mol. The van der Waals surface area contributed by atoms with Crippen molar-refractivity contribution in [2.75, 3.05) is 0 Å². The van der Waals surface area contributed by atoms with Crippen molar-refractivity contribution >= 4 is 5.91 Å². The van der Waals surface area contributed by atoms with Crippen LogP contribution in [0.5, 0.6) is 0 Å². The molecule has 18 heavy (non-hydrogen) atoms. The molecule has 0 unspecified atom stereocenters. The van der Waals surface area contributed by atoms with Crippen molar-refractivity contribution < 1.29 is 4.79 Å². The van der Waals surface area contributed by atoms with Gasteiger partial charge in [0, 0.05) is 23.8 Å². The van der Waals surface area contributed by atoms with E-state index >= 15 is 0 Å². The number of primary amides is 1. The predicted octanol–water partition coefficient (Wildman–Crippen LogP) is 2.33. The first-order valence-electron chi connectivity index (χ1n) is 5.65. The van der Waals surface area contributed by atoms with Gasteiger partial charge >= 0.3 is 0 Å². The molecular weight excluding hydrogens is 224 g/mol. The fourth-order valence-electron chi connectivity index (χ4n) is 1.66. The van der Waals surface area contributed by atoms with Gasteiger partial charge in [-0.1, -0.05) is 36.9 Å². The van der Waals surface area contributed by atoms with Crippen LogP contribution in [0.3, 0.4) is 0 Å². The van der Waals surface area contributed by atoms with E-state index in [-0.39, 0.29) is 0 Å². The molecule has 3 nitrogen and oxygen atoms in total. The number of carbonyl (C=O) groups is 1. The Bertz CT molecular complexity index is 559. The molecule has 0 bridgehead atoms. The molecular formula is C15H14N2O. The maximum atomic E-state index is 10.9. The van der Waals surface area contributed by atoms with E-state index in [0.717, 1.165) is 16.8 Å². The maximum Gasteiger partial charge on any atom is 0.244 e. The van der Waals surface area contributed by atoms with Crippen molar-refractivity contribution in [2.24, 2.45) is 5.73 Å². The van der Waals surface area contributed by atoms with E-state index in [9.17, 15) is 4.79 Å². The summed E-state index contributed by atoms with van der Waals surface area (Å²) in [4.78, 5) is 15.2. The van der Waals surface area contributed by atoms with Crippen LogP contribution in [0.4, 0.5) is 0 Å². The molecule has 0 saturated heterocycles. The van der Waals surface area contributed by atoms with Gasteiger partial charge in [0.15, 0.2) is 0 Å². The van der Waals surface area contributed by atoms with Crippen molar-refractivity contribution in [3.05, 3.63) is 66.4 Å². The largest absolute Gasteiger partial charge is 0.366 e. The van der Waals surface area contributed by atoms with Crippen LogP contribution in [-0.2, 0) is 11.2 Å². The minimum Gasteiger partial charge on any atom is -0.366 e. The van der Waals surface area contributed by atoms with Gasteiger partial charge in [0.2, 0.25) is 5.91 Å². The van der Waals surface area contributed by atoms with Crippen LogP contribution in [0.25, 0.3) is 11.3 Å². The van der Waals surface area contributed by atoms with E-state index in [4.69, 9.17) is 5.73 Å². The first-order chi connectivity index (χ1) is 8.66. The number of benzene rings is 1. The first kappa shape index (κ1) is 12.0. The Balaban J connectivity index is 2.16. The number of amides is 1. The Morgan fingerprint density at radius 2 is 1.89 bits per heavy atom. The zero-order valence-corrected chi connectivity index (χ0v) is 9.97. The Morgan fingerprint density at radius 3 is 2.44 bits per heavy atom. The van der Waals surface area contributed by atoms with E-state index in [1.807, 2.05) is 42.5 Å². The summed E-state index contributed by atoms with van der Waals surface area (Å²) >= 11 is 0. The second kappa shape index (κ2) is 5.27. The number of hydrogen-bond donors (Lipinski definition) is 1. The summed E-state index contributed by atoms with van der Waals surface area (Å²) in [6.45, 7) is 3.64. The van der Waals surface area contributed by atoms with Crippen LogP contribution in [0.1, 0.15) is 5.56 Å². The number of nitrogens with two attached hydrogens (primary N) is 1. The third-order valence-corrected chi connectivity index (χ3v) is 2.68. The van der Waals surface area contributed by atoms with Gasteiger partial charge in [0.05, 0.1) is 5.69 Å². The van der Waals surface area contributed by atoms with Gasteiger partial charge in [-0.2, -0.15) is 0 Å². The second-order valence-corrected chi connectivity index (χ2v) is 4.06. The van der Waals surface area contributed by atoms with E-state index < -0.39 is 5.91 Å². The van der Waals surface area contributed by atoms with Gasteiger partial charge in [0.1, 0.15) is 0 Å². The quantitative estimate of drug-likeness (QED) is 0.831. The molecule has 0 radical (unpaired) electrons. The smallest absolute Gasteiger partial charge is 0.244 e. The van der Waals surface area contributed by atoms with E-state index in [1.165, 1.54) is 0 Å². The highest BCUT2D eigenvalue weighted by atomic mass is 16.1. The van der Waals surface area contributed by atoms with Crippen LogP contribution in [0.15, 0.2) is 60.8 Å². The monoisotopic (exact) mass is 238 g/mol. The van der Waals surface area contributed by atoms with Crippen LogP contribution in [0, 0.1) is 0 Å². The first-order valence-corrected chi connectivity index (χ1v) is 5.65. The average Bonchev–Trinajstić information content (AvgIpc) is 2.40. The molecule has 1 aromatic carbocycles. The maximum absolute atomic E-state index is 10.9. The number of nitrogens with zero attached hydrogens (tertiary/aromatic N) is 1. The zero-order chi connectivity index (χ0) is 13.0. The number of hydrogen-bond acceptors (Lipinski definition) is 2. The molecule has 2 aromatic rings. The summed E-state index contributed by atoms with van der Waals surface area (Å²) in [6.07, 6.45) is 2.25. The molecule has 0 atom stereocenters. The van der Waals surface area contributed by atoms with Crippen molar-refractivity contribution in [1.29, 1.82) is 0 Å². The van der Waals surface area contributed by atoms with Crippen LogP contribution in [-0.4, -0.2) is 10.9 Å². The molecule has 0 saturated carbocycles. The molecule has 0 aliphatic carbocycles. The van der Waals surface area contributed by atoms with Crippen molar-refractivity contribution in [1.82, 2.24) is 4.98 Å². The number of pyridine rings is 1. The summed E-state index contributed by atoms with van der Waals surface area (Å²) < 4.78 is 0. The third-order valence-electron chi connectivity index (χ3n) is 2.68. The molecule has 3 heteroatoms. The number of rotatable bonds is 4. The molecule has 2 N–H and O–H groups in total. The van der Waals surface area contributed by atoms with Crippen LogP contribution >= 0.6 is 0 Å². The van der Waals surface area contributed by atoms with Crippen molar-refractivity contribution in [2.45, 2.75) is 6.42 Å². The van der Waals surface area contributed by atoms with Gasteiger partial charge in [-0.15, -0.1) is 0 Å². The zero-order valence-electron chi connectivity index (χ0n) is 9.97. The summed E-state index contributed by atoms with van der Waals surface area (Å²) in [5.41, 5.74) is 8.56. The fourth-order valence-corrected chi connectivity index (χ4v) is 1.66. The molecule has 90 valence electrons. The molecule has 0 fully saturated rings. The lowest BCUT2D eigenvalue weighted by atomic mass is 10.0. The lowest BCUT2D eigenvalue weighted by Crippen LogP contribution is -2.14. The van der Waals surface area contributed by atoms with Crippen molar-refractivity contribution in [3.8, 4) is 11.3 Å². The molecule has 0 aliphatic rings. The van der Waals surface area contributed by atoms with Gasteiger partial charge < -0.3 is 5.73 Å². The second-order valence-electron chi connectivity index (χ2n) is 4.06. The topological polar surface area (TPSA) is 56.0 Å². The highest BCUT2D eigenvalue weighted by molar-refractivity contribution is 5.91. The van der Waals surface area contributed by atoms with Gasteiger partial charge in [-0.25, -0.2) is 0 Å². The number of carbonyl (C=O) groups excluding carboxylic acids is 1. The highest BCUT2D eigenvalue weighted by Crippen LogP contribution is 2.17. The SMILES string of the molecule is C=C(Cc1ccc(-c2ccccn2)cc1)C(N)=O. The van der Waals surface area contributed by atoms with Crippen molar-refractivity contribution in [3.63, 3.8) is 0 Å². The standard InChI is InChI=1S/C15H14N2O/c1-11(15(16)18)10-12-5-7-13(8-6-12)14-4-2-3-9-17-14/h2-9H,1,10H2,(H2,16,18). The summed E-state index contributed by atoms with van der Waals surface area (Å²) in [5, 5.41) is 0. The normalized spacial score (nSPS) is 10.0. The van der Waals surface area contributed by atoms with Gasteiger partial charge in [0.25, 0.3) is 0 Å². The lowest BCUT2D eigenvalue weighted by molar-refractivity contribution is -0.114. The Labute approximate surface area is 106 Å². The van der Waals surface area contributed by atoms with Crippen LogP contribution in [0.2, 0.25) is 0 Å². The lowest BCUT2D eigenvalue weighted by Gasteiger charge is -2.04. The Kier molecular flexibility index (Phi) is 3.53. The molecule has 1 heterocycles. The third kappa shape index (κ3) is 2.83. The summed E-state index contributed by atoms with van der Waals surface area (Å²) in [6, 6.07) is 13.7. The fraction of sp³-hybridized carbons (Fsp3) is 0.0667. The average molecular weight is 238 g/mol. The summed E-state index contributed by atoms with van der Waals surface area (Å²) in [7, 11) is 0. The van der Waals surface area contributed by atoms with Gasteiger partial charge in [-0.05, 0) is 17.7 Å². The molecule has 0 spiro atoms. The van der Waals surface area contributed by atoms with Crippen LogP contribution < -0.4 is 5.73 Å². The Morgan fingerprint density at radius 1 is 1.17 bits per heavy atom.